The van der Waals surface area contributed by atoms with Crippen LogP contribution in [0.1, 0.15) is 73.5 Å². The number of rotatable bonds is 9. The van der Waals surface area contributed by atoms with Crippen molar-refractivity contribution in [1.29, 1.82) is 0 Å². The largest absolute Gasteiger partial charge is 0.460 e. The van der Waals surface area contributed by atoms with E-state index < -0.39 is 33.4 Å². The molecule has 11 heteroatoms. The molecular weight excluding hydrogens is 533 g/mol. The van der Waals surface area contributed by atoms with Crippen molar-refractivity contribution in [3.05, 3.63) is 6.33 Å². The van der Waals surface area contributed by atoms with E-state index in [1.807, 2.05) is 4.57 Å². The van der Waals surface area contributed by atoms with Crippen LogP contribution in [0.4, 0.5) is 10.2 Å². The normalized spacial score (nSPS) is 26.1. The van der Waals surface area contributed by atoms with Crippen LogP contribution in [-0.2, 0) is 9.16 Å². The highest BCUT2D eigenvalue weighted by Crippen LogP contribution is 2.48. The van der Waals surface area contributed by atoms with Crippen molar-refractivity contribution in [1.82, 2.24) is 19.5 Å². The second kappa shape index (κ2) is 10.6. The quantitative estimate of drug-likeness (QED) is 0.294. The van der Waals surface area contributed by atoms with Crippen LogP contribution >= 0.6 is 15.9 Å². The van der Waals surface area contributed by atoms with Crippen LogP contribution in [0.3, 0.4) is 0 Å². The monoisotopic (exact) mass is 571 g/mol. The average molecular weight is 573 g/mol. The lowest BCUT2D eigenvalue weighted by molar-refractivity contribution is -0.0379. The molecule has 1 aliphatic carbocycles. The zero-order valence-electron chi connectivity index (χ0n) is 21.6. The molecule has 1 saturated carbocycles. The average Bonchev–Trinajstić information content (AvgIpc) is 3.51. The van der Waals surface area contributed by atoms with E-state index in [9.17, 15) is 4.39 Å². The zero-order valence-corrected chi connectivity index (χ0v) is 24.2. The maximum atomic E-state index is 14.0. The Morgan fingerprint density at radius 1 is 1.14 bits per heavy atom. The first kappa shape index (κ1) is 26.8. The lowest BCUT2D eigenvalue weighted by Gasteiger charge is -2.45. The first-order chi connectivity index (χ1) is 16.6. The third-order valence-corrected chi connectivity index (χ3v) is 14.9. The van der Waals surface area contributed by atoms with E-state index in [1.54, 1.807) is 6.33 Å². The Bertz CT molecular complexity index is 995. The van der Waals surface area contributed by atoms with Gasteiger partial charge in [-0.25, -0.2) is 9.37 Å². The van der Waals surface area contributed by atoms with Gasteiger partial charge in [-0.3, -0.25) is 4.57 Å². The molecule has 2 aromatic rings. The van der Waals surface area contributed by atoms with Gasteiger partial charge in [-0.2, -0.15) is 9.97 Å². The number of imidazole rings is 1. The Morgan fingerprint density at radius 2 is 1.77 bits per heavy atom. The Labute approximate surface area is 216 Å². The summed E-state index contributed by atoms with van der Waals surface area (Å²) in [5.41, 5.74) is 8.33. The number of anilines is 1. The van der Waals surface area contributed by atoms with Gasteiger partial charge in [-0.15, -0.1) is 0 Å². The van der Waals surface area contributed by atoms with E-state index in [-0.39, 0.29) is 22.8 Å². The van der Waals surface area contributed by atoms with Crippen molar-refractivity contribution in [2.24, 2.45) is 0 Å². The lowest BCUT2D eigenvalue weighted by Crippen LogP contribution is -2.52. The van der Waals surface area contributed by atoms with Crippen LogP contribution in [0.2, 0.25) is 16.6 Å². The van der Waals surface area contributed by atoms with Crippen LogP contribution < -0.4 is 10.5 Å². The number of aromatic nitrogens is 4. The standard InChI is InChI=1S/C24H39BrFN5O3Si/c1-13(2)35(14(3)4,15(5)6)34-20-18(25)17(11-26)33-23(20)31-12-28-19-21(27)29-24(30-22(19)31)32-16-9-7-8-10-16/h12-18,20,23H,7-11H2,1-6H3,(H2,27,29,30)/t17-,18+,20-,23?/m1/s1. The Morgan fingerprint density at radius 3 is 2.34 bits per heavy atom. The van der Waals surface area contributed by atoms with E-state index in [4.69, 9.17) is 19.6 Å². The van der Waals surface area contributed by atoms with Crippen molar-refractivity contribution in [3.8, 4) is 6.01 Å². The molecular formula is C24H39BrFN5O3Si. The summed E-state index contributed by atoms with van der Waals surface area (Å²) in [4.78, 5) is 13.2. The number of halogens is 2. The maximum absolute atomic E-state index is 14.0. The SMILES string of the molecule is CC(C)[Si](O[C@H]1C(n2cnc3c(N)nc(OC4CCCC4)nc32)O[C@H](CF)[C@@H]1Br)(C(C)C)C(C)C. The second-order valence-electron chi connectivity index (χ2n) is 10.8. The van der Waals surface area contributed by atoms with Gasteiger partial charge in [0, 0.05) is 0 Å². The third-order valence-electron chi connectivity index (χ3n) is 7.74. The lowest BCUT2D eigenvalue weighted by atomic mass is 10.2. The molecule has 196 valence electrons. The Hall–Kier alpha value is -1.30. The fourth-order valence-electron chi connectivity index (χ4n) is 6.12. The predicted molar refractivity (Wildman–Crippen MR) is 141 cm³/mol. The number of alkyl halides is 2. The molecule has 2 fully saturated rings. The van der Waals surface area contributed by atoms with Crippen molar-refractivity contribution in [3.63, 3.8) is 0 Å². The molecule has 0 radical (unpaired) electrons. The molecule has 4 atom stereocenters. The van der Waals surface area contributed by atoms with Crippen LogP contribution in [0.15, 0.2) is 6.33 Å². The number of hydrogen-bond acceptors (Lipinski definition) is 7. The van der Waals surface area contributed by atoms with Crippen molar-refractivity contribution < 1.29 is 18.3 Å². The van der Waals surface area contributed by atoms with Gasteiger partial charge >= 0.3 is 6.01 Å². The summed E-state index contributed by atoms with van der Waals surface area (Å²) >= 11 is 3.73. The number of nitrogens with zero attached hydrogens (tertiary/aromatic N) is 4. The van der Waals surface area contributed by atoms with E-state index in [0.717, 1.165) is 25.7 Å². The molecule has 3 heterocycles. The molecule has 2 aliphatic rings. The van der Waals surface area contributed by atoms with Gasteiger partial charge < -0.3 is 19.6 Å². The summed E-state index contributed by atoms with van der Waals surface area (Å²) in [5, 5.41) is 0. The minimum atomic E-state index is -2.29. The first-order valence-corrected chi connectivity index (χ1v) is 15.9. The number of fused-ring (bicyclic) bond motifs is 1. The summed E-state index contributed by atoms with van der Waals surface area (Å²) in [7, 11) is -2.29. The topological polar surface area (TPSA) is 97.3 Å². The molecule has 0 spiro atoms. The maximum Gasteiger partial charge on any atom is 0.320 e. The second-order valence-corrected chi connectivity index (χ2v) is 17.3. The molecule has 35 heavy (non-hydrogen) atoms. The number of ether oxygens (including phenoxy) is 2. The van der Waals surface area contributed by atoms with Crippen molar-refractivity contribution >= 4 is 41.2 Å². The van der Waals surface area contributed by atoms with Gasteiger partial charge in [0.15, 0.2) is 23.2 Å². The highest BCUT2D eigenvalue weighted by molar-refractivity contribution is 9.09. The number of hydrogen-bond donors (Lipinski definition) is 1. The number of nitrogens with two attached hydrogens (primary N) is 1. The summed E-state index contributed by atoms with van der Waals surface area (Å²) in [6, 6.07) is 0.242. The molecule has 8 nitrogen and oxygen atoms in total. The van der Waals surface area contributed by atoms with Crippen LogP contribution in [0.5, 0.6) is 6.01 Å². The van der Waals surface area contributed by atoms with Gasteiger partial charge in [0.05, 0.1) is 11.2 Å². The molecule has 0 aromatic carbocycles. The van der Waals surface area contributed by atoms with Gasteiger partial charge in [-0.1, -0.05) is 57.5 Å². The Balaban J connectivity index is 1.74. The summed E-state index contributed by atoms with van der Waals surface area (Å²) in [5.74, 6) is 0.255. The fourth-order valence-corrected chi connectivity index (χ4v) is 12.5. The Kier molecular flexibility index (Phi) is 8.09. The molecule has 1 saturated heterocycles. The smallest absolute Gasteiger partial charge is 0.320 e. The van der Waals surface area contributed by atoms with Crippen molar-refractivity contribution in [2.75, 3.05) is 12.4 Å². The highest BCUT2D eigenvalue weighted by atomic mass is 79.9. The van der Waals surface area contributed by atoms with Gasteiger partial charge in [-0.05, 0) is 42.3 Å². The van der Waals surface area contributed by atoms with Crippen LogP contribution in [0, 0.1) is 0 Å². The van der Waals surface area contributed by atoms with Gasteiger partial charge in [0.1, 0.15) is 25.0 Å². The van der Waals surface area contributed by atoms with E-state index in [2.05, 4.69) is 72.4 Å². The van der Waals surface area contributed by atoms with Gasteiger partial charge in [0.25, 0.3) is 0 Å². The fraction of sp³-hybridized carbons (Fsp3) is 0.792. The molecule has 0 bridgehead atoms. The van der Waals surface area contributed by atoms with Crippen LogP contribution in [-0.4, -0.2) is 57.7 Å². The summed E-state index contributed by atoms with van der Waals surface area (Å²) in [6.45, 7) is 12.8. The van der Waals surface area contributed by atoms with E-state index in [0.29, 0.717) is 27.8 Å². The first-order valence-electron chi connectivity index (χ1n) is 12.8. The van der Waals surface area contributed by atoms with E-state index >= 15 is 0 Å². The molecule has 2 aromatic heterocycles. The summed E-state index contributed by atoms with van der Waals surface area (Å²) < 4.78 is 35.2. The minimum absolute atomic E-state index is 0.0969. The number of nitrogen functional groups attached to an aromatic ring is 1. The van der Waals surface area contributed by atoms with Crippen LogP contribution in [0.25, 0.3) is 11.2 Å². The zero-order chi connectivity index (χ0) is 25.5. The van der Waals surface area contributed by atoms with Gasteiger partial charge in [0.2, 0.25) is 8.32 Å². The molecule has 1 aliphatic heterocycles. The predicted octanol–water partition coefficient (Wildman–Crippen LogP) is 5.92. The van der Waals surface area contributed by atoms with E-state index in [1.165, 1.54) is 0 Å². The molecule has 4 rings (SSSR count). The molecule has 2 N–H and O–H groups in total. The third kappa shape index (κ3) is 4.85. The molecule has 0 amide bonds. The minimum Gasteiger partial charge on any atom is -0.460 e. The molecule has 1 unspecified atom stereocenters. The highest BCUT2D eigenvalue weighted by Gasteiger charge is 2.53. The van der Waals surface area contributed by atoms with Crippen molar-refractivity contribution in [2.45, 2.75) is 113 Å². The summed E-state index contributed by atoms with van der Waals surface area (Å²) in [6.07, 6.45) is 4.31.